The van der Waals surface area contributed by atoms with Crippen molar-refractivity contribution < 1.29 is 9.47 Å². The molecule has 1 heterocycles. The molecule has 0 fully saturated rings. The predicted molar refractivity (Wildman–Crippen MR) is 71.2 cm³/mol. The molecular weight excluding hydrogens is 228 g/mol. The Hall–Kier alpha value is -2.23. The Morgan fingerprint density at radius 1 is 1.11 bits per heavy atom. The summed E-state index contributed by atoms with van der Waals surface area (Å²) in [7, 11) is 1.56. The number of hydrogen-bond acceptors (Lipinski definition) is 4. The maximum Gasteiger partial charge on any atom is 0.246 e. The summed E-state index contributed by atoms with van der Waals surface area (Å²) >= 11 is 0. The molecule has 0 radical (unpaired) electrons. The topological polar surface area (TPSA) is 57.4 Å². The molecular formula is C14H16N2O2. The molecule has 0 saturated heterocycles. The number of pyridine rings is 1. The maximum atomic E-state index is 5.84. The van der Waals surface area contributed by atoms with E-state index in [1.54, 1.807) is 19.2 Å². The predicted octanol–water partition coefficient (Wildman–Crippen LogP) is 3.08. The Kier molecular flexibility index (Phi) is 3.37. The van der Waals surface area contributed by atoms with Gasteiger partial charge in [-0.25, -0.2) is 0 Å². The number of aromatic nitrogens is 1. The summed E-state index contributed by atoms with van der Waals surface area (Å²) in [6, 6.07) is 9.28. The molecule has 0 atom stereocenters. The highest BCUT2D eigenvalue weighted by atomic mass is 16.5. The third kappa shape index (κ3) is 2.37. The molecule has 2 N–H and O–H groups in total. The van der Waals surface area contributed by atoms with Crippen molar-refractivity contribution in [3.05, 3.63) is 41.5 Å². The summed E-state index contributed by atoms with van der Waals surface area (Å²) in [5, 5.41) is 0. The zero-order chi connectivity index (χ0) is 13.1. The van der Waals surface area contributed by atoms with Gasteiger partial charge >= 0.3 is 0 Å². The molecule has 0 spiro atoms. The van der Waals surface area contributed by atoms with Gasteiger partial charge in [-0.3, -0.25) is 0 Å². The molecule has 0 bridgehead atoms. The summed E-state index contributed by atoms with van der Waals surface area (Å²) in [6.07, 6.45) is 0. The minimum Gasteiger partial charge on any atom is -0.481 e. The van der Waals surface area contributed by atoms with Gasteiger partial charge in [-0.2, -0.15) is 4.98 Å². The van der Waals surface area contributed by atoms with Gasteiger partial charge in [0.05, 0.1) is 12.8 Å². The fourth-order valence-electron chi connectivity index (χ4n) is 1.57. The molecule has 4 heteroatoms. The second kappa shape index (κ2) is 4.96. The van der Waals surface area contributed by atoms with Crippen LogP contribution in [0.3, 0.4) is 0 Å². The first-order valence-electron chi connectivity index (χ1n) is 5.66. The van der Waals surface area contributed by atoms with E-state index in [0.717, 1.165) is 16.9 Å². The lowest BCUT2D eigenvalue weighted by Crippen LogP contribution is -1.98. The number of benzene rings is 1. The fourth-order valence-corrected chi connectivity index (χ4v) is 1.57. The van der Waals surface area contributed by atoms with Crippen LogP contribution in [0.4, 0.5) is 5.69 Å². The monoisotopic (exact) mass is 244 g/mol. The van der Waals surface area contributed by atoms with Gasteiger partial charge in [0.25, 0.3) is 0 Å². The van der Waals surface area contributed by atoms with Gasteiger partial charge in [-0.1, -0.05) is 12.1 Å². The van der Waals surface area contributed by atoms with Crippen molar-refractivity contribution in [1.82, 2.24) is 4.98 Å². The van der Waals surface area contributed by atoms with Crippen molar-refractivity contribution in [3.63, 3.8) is 0 Å². The van der Waals surface area contributed by atoms with E-state index < -0.39 is 0 Å². The van der Waals surface area contributed by atoms with Gasteiger partial charge in [0.2, 0.25) is 11.8 Å². The van der Waals surface area contributed by atoms with E-state index in [0.29, 0.717) is 17.4 Å². The molecule has 0 aliphatic rings. The number of methoxy groups -OCH3 is 1. The first kappa shape index (κ1) is 12.2. The van der Waals surface area contributed by atoms with Gasteiger partial charge in [-0.05, 0) is 37.1 Å². The van der Waals surface area contributed by atoms with Crippen LogP contribution in [-0.2, 0) is 0 Å². The minimum atomic E-state index is 0.364. The highest BCUT2D eigenvalue weighted by Crippen LogP contribution is 2.30. The fraction of sp³-hybridized carbons (Fsp3) is 0.214. The number of aryl methyl sites for hydroxylation is 1. The molecule has 4 nitrogen and oxygen atoms in total. The number of nitrogens with zero attached hydrogens (tertiary/aromatic N) is 1. The zero-order valence-corrected chi connectivity index (χ0v) is 10.7. The van der Waals surface area contributed by atoms with E-state index in [2.05, 4.69) is 4.98 Å². The van der Waals surface area contributed by atoms with Crippen molar-refractivity contribution in [3.8, 4) is 17.5 Å². The number of ether oxygens (including phenoxy) is 2. The van der Waals surface area contributed by atoms with Crippen LogP contribution in [0.15, 0.2) is 30.3 Å². The quantitative estimate of drug-likeness (QED) is 0.901. The number of nitrogen functional groups attached to an aromatic ring is 1. The molecule has 0 aliphatic heterocycles. The van der Waals surface area contributed by atoms with Gasteiger partial charge in [0.1, 0.15) is 5.75 Å². The molecule has 94 valence electrons. The maximum absolute atomic E-state index is 5.84. The van der Waals surface area contributed by atoms with Crippen molar-refractivity contribution in [2.75, 3.05) is 12.8 Å². The van der Waals surface area contributed by atoms with E-state index in [1.807, 2.05) is 32.0 Å². The third-order valence-electron chi connectivity index (χ3n) is 2.83. The van der Waals surface area contributed by atoms with Crippen molar-refractivity contribution in [2.24, 2.45) is 0 Å². The van der Waals surface area contributed by atoms with Gasteiger partial charge in [0.15, 0.2) is 0 Å². The highest BCUT2D eigenvalue weighted by molar-refractivity contribution is 5.52. The number of hydrogen-bond donors (Lipinski definition) is 1. The molecule has 2 rings (SSSR count). The first-order chi connectivity index (χ1) is 8.61. The molecule has 0 amide bonds. The molecule has 2 aromatic rings. The average molecular weight is 244 g/mol. The molecule has 0 unspecified atom stereocenters. The molecule has 1 aromatic heterocycles. The zero-order valence-electron chi connectivity index (χ0n) is 10.7. The Morgan fingerprint density at radius 3 is 2.61 bits per heavy atom. The second-order valence-electron chi connectivity index (χ2n) is 4.05. The summed E-state index contributed by atoms with van der Waals surface area (Å²) in [5.41, 5.74) is 8.55. The standard InChI is InChI=1S/C14H16N2O2/c1-9-5-4-6-12(10(9)2)18-14-11(15)7-8-13(16-14)17-3/h4-8H,15H2,1-3H3. The van der Waals surface area contributed by atoms with Crippen LogP contribution in [0.1, 0.15) is 11.1 Å². The van der Waals surface area contributed by atoms with Crippen LogP contribution in [0.5, 0.6) is 17.5 Å². The van der Waals surface area contributed by atoms with Crippen LogP contribution in [0.25, 0.3) is 0 Å². The average Bonchev–Trinajstić information content (AvgIpc) is 2.37. The van der Waals surface area contributed by atoms with Gasteiger partial charge in [0, 0.05) is 6.07 Å². The number of nitrogens with two attached hydrogens (primary N) is 1. The Labute approximate surface area is 106 Å². The van der Waals surface area contributed by atoms with Gasteiger partial charge in [-0.15, -0.1) is 0 Å². The highest BCUT2D eigenvalue weighted by Gasteiger charge is 2.08. The molecule has 1 aromatic carbocycles. The van der Waals surface area contributed by atoms with E-state index in [1.165, 1.54) is 0 Å². The smallest absolute Gasteiger partial charge is 0.246 e. The van der Waals surface area contributed by atoms with Crippen LogP contribution in [-0.4, -0.2) is 12.1 Å². The Bertz CT molecular complexity index is 568. The number of rotatable bonds is 3. The Balaban J connectivity index is 2.36. The molecule has 0 aliphatic carbocycles. The largest absolute Gasteiger partial charge is 0.481 e. The third-order valence-corrected chi connectivity index (χ3v) is 2.83. The van der Waals surface area contributed by atoms with E-state index in [4.69, 9.17) is 15.2 Å². The first-order valence-corrected chi connectivity index (χ1v) is 5.66. The van der Waals surface area contributed by atoms with Crippen molar-refractivity contribution in [1.29, 1.82) is 0 Å². The minimum absolute atomic E-state index is 0.364. The molecule has 18 heavy (non-hydrogen) atoms. The van der Waals surface area contributed by atoms with Crippen molar-refractivity contribution >= 4 is 5.69 Å². The van der Waals surface area contributed by atoms with E-state index in [-0.39, 0.29) is 0 Å². The summed E-state index contributed by atoms with van der Waals surface area (Å²) in [5.74, 6) is 1.59. The van der Waals surface area contributed by atoms with Crippen LogP contribution >= 0.6 is 0 Å². The van der Waals surface area contributed by atoms with Crippen LogP contribution < -0.4 is 15.2 Å². The molecule has 0 saturated carbocycles. The summed E-state index contributed by atoms with van der Waals surface area (Å²) in [6.45, 7) is 4.03. The lowest BCUT2D eigenvalue weighted by atomic mass is 10.1. The van der Waals surface area contributed by atoms with E-state index in [9.17, 15) is 0 Å². The van der Waals surface area contributed by atoms with Crippen molar-refractivity contribution in [2.45, 2.75) is 13.8 Å². The van der Waals surface area contributed by atoms with Crippen LogP contribution in [0, 0.1) is 13.8 Å². The lowest BCUT2D eigenvalue weighted by Gasteiger charge is -2.11. The SMILES string of the molecule is COc1ccc(N)c(Oc2cccc(C)c2C)n1. The summed E-state index contributed by atoms with van der Waals surface area (Å²) in [4.78, 5) is 4.19. The lowest BCUT2D eigenvalue weighted by molar-refractivity contribution is 0.383. The van der Waals surface area contributed by atoms with Crippen LogP contribution in [0.2, 0.25) is 0 Å². The second-order valence-corrected chi connectivity index (χ2v) is 4.05. The van der Waals surface area contributed by atoms with E-state index >= 15 is 0 Å². The Morgan fingerprint density at radius 2 is 1.89 bits per heavy atom. The summed E-state index contributed by atoms with van der Waals surface area (Å²) < 4.78 is 10.8. The normalized spacial score (nSPS) is 10.2. The van der Waals surface area contributed by atoms with Gasteiger partial charge < -0.3 is 15.2 Å². The number of anilines is 1.